The minimum atomic E-state index is -0.570. The third-order valence-electron chi connectivity index (χ3n) is 8.97. The normalized spacial score (nSPS) is 15.4. The Bertz CT molecular complexity index is 3510. The van der Waals surface area contributed by atoms with Gasteiger partial charge in [0.1, 0.15) is 11.2 Å². The van der Waals surface area contributed by atoms with Gasteiger partial charge < -0.3 is 4.42 Å². The number of hydrogen-bond acceptors (Lipinski definition) is 1. The molecule has 0 fully saturated rings. The molecule has 49 heavy (non-hydrogen) atoms. The molecule has 0 aliphatic heterocycles. The van der Waals surface area contributed by atoms with Crippen molar-refractivity contribution in [2.45, 2.75) is 0 Å². The summed E-state index contributed by atoms with van der Waals surface area (Å²) < 4.78 is 122. The van der Waals surface area contributed by atoms with E-state index in [1.807, 2.05) is 66.7 Å². The van der Waals surface area contributed by atoms with Crippen molar-refractivity contribution in [3.05, 3.63) is 182 Å². The maximum Gasteiger partial charge on any atom is 0.136 e. The topological polar surface area (TPSA) is 13.1 Å². The molecule has 1 aromatic heterocycles. The van der Waals surface area contributed by atoms with Crippen LogP contribution in [0.5, 0.6) is 0 Å². The first-order chi connectivity index (χ1) is 29.7. The Labute approximate surface area is 302 Å². The lowest BCUT2D eigenvalue weighted by Gasteiger charge is -2.18. The third-order valence-corrected chi connectivity index (χ3v) is 8.97. The summed E-state index contributed by atoms with van der Waals surface area (Å²) in [5.41, 5.74) is 3.33. The van der Waals surface area contributed by atoms with Gasteiger partial charge in [0.05, 0.1) is 17.8 Å². The summed E-state index contributed by atoms with van der Waals surface area (Å²) in [5, 5.41) is 2.30. The zero-order chi connectivity index (χ0) is 43.6. The van der Waals surface area contributed by atoms with Crippen LogP contribution in [0.25, 0.3) is 98.8 Å². The van der Waals surface area contributed by atoms with Crippen LogP contribution in [-0.2, 0) is 0 Å². The van der Waals surface area contributed by atoms with Crippen LogP contribution in [0.2, 0.25) is 0 Å². The maximum atomic E-state index is 9.61. The highest BCUT2D eigenvalue weighted by atomic mass is 16.3. The third kappa shape index (κ3) is 4.55. The molecule has 0 radical (unpaired) electrons. The summed E-state index contributed by atoms with van der Waals surface area (Å²) in [6, 6.07) is 26.8. The van der Waals surface area contributed by atoms with Gasteiger partial charge in [0.2, 0.25) is 0 Å². The summed E-state index contributed by atoms with van der Waals surface area (Å²) in [6.45, 7) is 0. The van der Waals surface area contributed by atoms with Gasteiger partial charge in [-0.2, -0.15) is 0 Å². The Morgan fingerprint density at radius 2 is 0.796 bits per heavy atom. The van der Waals surface area contributed by atoms with E-state index in [4.69, 9.17) is 18.1 Å². The molecule has 228 valence electrons. The van der Waals surface area contributed by atoms with Crippen molar-refractivity contribution >= 4 is 54.3 Å². The lowest BCUT2D eigenvalue weighted by atomic mass is 9.85. The van der Waals surface area contributed by atoms with E-state index in [-0.39, 0.29) is 97.7 Å². The van der Waals surface area contributed by atoms with Gasteiger partial charge in [-0.3, -0.25) is 0 Å². The van der Waals surface area contributed by atoms with Crippen molar-refractivity contribution in [3.8, 4) is 44.5 Å². The molecule has 0 saturated heterocycles. The van der Waals surface area contributed by atoms with Crippen molar-refractivity contribution in [3.63, 3.8) is 0 Å². The Kier molecular flexibility index (Phi) is 3.99. The quantitative estimate of drug-likeness (QED) is 0.175. The smallest absolute Gasteiger partial charge is 0.136 e. The summed E-state index contributed by atoms with van der Waals surface area (Å²) in [6.07, 6.45) is 0. The molecule has 1 heteroatoms. The Morgan fingerprint density at radius 3 is 1.41 bits per heavy atom. The molecule has 0 amide bonds. The summed E-state index contributed by atoms with van der Waals surface area (Å²) >= 11 is 0. The molecule has 0 aliphatic carbocycles. The Morgan fingerprint density at radius 1 is 0.327 bits per heavy atom. The van der Waals surface area contributed by atoms with Crippen molar-refractivity contribution in [2.75, 3.05) is 0 Å². The number of rotatable bonds is 4. The highest BCUT2D eigenvalue weighted by molar-refractivity contribution is 6.22. The SMILES string of the molecule is [2H]c1c([2H])c(-c2ccc(-c3c4ccccc4c(-c4c([2H])c([2H])c5c(oc6c([2H])c7c([2H])c([2H])c([2H])c([2H])c7c([2H])c65)c4[2H])c4ccccc34)cc2)c([2H])c([2H])c1-c1ccccc1. The molecule has 0 spiro atoms. The molecule has 0 atom stereocenters. The Hall–Kier alpha value is -6.44. The van der Waals surface area contributed by atoms with E-state index < -0.39 is 30.2 Å². The van der Waals surface area contributed by atoms with Crippen LogP contribution in [0.4, 0.5) is 0 Å². The average molecular weight is 636 g/mol. The fraction of sp³-hybridized carbons (Fsp3) is 0. The highest BCUT2D eigenvalue weighted by Gasteiger charge is 2.18. The second-order valence-electron chi connectivity index (χ2n) is 11.8. The van der Waals surface area contributed by atoms with E-state index in [1.165, 1.54) is 0 Å². The molecule has 1 heterocycles. The number of benzene rings is 9. The lowest BCUT2D eigenvalue weighted by molar-refractivity contribution is 0.669. The molecule has 0 saturated carbocycles. The summed E-state index contributed by atoms with van der Waals surface area (Å²) in [7, 11) is 0. The van der Waals surface area contributed by atoms with Crippen LogP contribution in [0.15, 0.2) is 186 Å². The number of furan rings is 1. The largest absolute Gasteiger partial charge is 0.456 e. The van der Waals surface area contributed by atoms with E-state index in [0.29, 0.717) is 27.5 Å². The predicted molar refractivity (Wildman–Crippen MR) is 208 cm³/mol. The summed E-state index contributed by atoms with van der Waals surface area (Å²) in [4.78, 5) is 0. The van der Waals surface area contributed by atoms with E-state index in [1.54, 1.807) is 36.4 Å². The van der Waals surface area contributed by atoms with Crippen LogP contribution in [-0.4, -0.2) is 0 Å². The number of hydrogen-bond donors (Lipinski definition) is 0. The van der Waals surface area contributed by atoms with Gasteiger partial charge in [0.25, 0.3) is 0 Å². The van der Waals surface area contributed by atoms with Crippen LogP contribution in [0, 0.1) is 0 Å². The molecule has 0 unspecified atom stereocenters. The van der Waals surface area contributed by atoms with E-state index in [9.17, 15) is 4.11 Å². The zero-order valence-corrected chi connectivity index (χ0v) is 25.7. The van der Waals surface area contributed by atoms with Crippen LogP contribution in [0.1, 0.15) is 17.8 Å². The van der Waals surface area contributed by atoms with Gasteiger partial charge in [0, 0.05) is 10.8 Å². The highest BCUT2D eigenvalue weighted by Crippen LogP contribution is 2.45. The van der Waals surface area contributed by atoms with Crippen molar-refractivity contribution in [1.82, 2.24) is 0 Å². The molecule has 0 N–H and O–H groups in total. The fourth-order valence-electron chi connectivity index (χ4n) is 6.70. The minimum Gasteiger partial charge on any atom is -0.456 e. The molecular formula is C48H30O. The molecule has 9 aromatic carbocycles. The molecule has 1 nitrogen and oxygen atoms in total. The van der Waals surface area contributed by atoms with Crippen LogP contribution >= 0.6 is 0 Å². The van der Waals surface area contributed by atoms with Gasteiger partial charge in [0.15, 0.2) is 0 Å². The molecular weight excluding hydrogens is 593 g/mol. The second-order valence-corrected chi connectivity index (χ2v) is 11.8. The maximum absolute atomic E-state index is 9.61. The van der Waals surface area contributed by atoms with Crippen LogP contribution < -0.4 is 0 Å². The predicted octanol–water partition coefficient (Wildman–Crippen LogP) is 13.7. The molecule has 0 aliphatic rings. The average Bonchev–Trinajstić information content (AvgIpc) is 3.70. The van der Waals surface area contributed by atoms with Crippen molar-refractivity contribution < 1.29 is 22.2 Å². The monoisotopic (exact) mass is 635 g/mol. The molecule has 10 aromatic rings. The standard InChI is InChI=1S/C48H30O/c1-2-10-31(11-3-1)32-18-20-33(21-19-32)34-22-24-35(25-23-34)47-40-14-6-8-16-42(40)48(43-17-9-7-15-41(43)47)38-26-27-39-44-28-36-12-4-5-13-37(36)29-46(44)49-45(39)30-38/h1-30H/i4D,5D,12D,13D,18D,19D,20D,21D,26D,27D,28D,29D,30D. The first kappa shape index (κ1) is 17.6. The van der Waals surface area contributed by atoms with Crippen molar-refractivity contribution in [2.24, 2.45) is 0 Å². The molecule has 0 bridgehead atoms. The van der Waals surface area contributed by atoms with Crippen LogP contribution in [0.3, 0.4) is 0 Å². The summed E-state index contributed by atoms with van der Waals surface area (Å²) in [5.74, 6) is 0. The first-order valence-electron chi connectivity index (χ1n) is 22.3. The van der Waals surface area contributed by atoms with Gasteiger partial charge in [-0.1, -0.05) is 158 Å². The minimum absolute atomic E-state index is 0.0617. The van der Waals surface area contributed by atoms with Gasteiger partial charge in [-0.25, -0.2) is 0 Å². The van der Waals surface area contributed by atoms with E-state index in [2.05, 4.69) is 0 Å². The molecule has 10 rings (SSSR count). The van der Waals surface area contributed by atoms with E-state index in [0.717, 1.165) is 21.9 Å². The van der Waals surface area contributed by atoms with Gasteiger partial charge >= 0.3 is 0 Å². The second kappa shape index (κ2) is 11.1. The lowest BCUT2D eigenvalue weighted by Crippen LogP contribution is -1.91. The number of fused-ring (bicyclic) bond motifs is 6. The fourth-order valence-corrected chi connectivity index (χ4v) is 6.70. The first-order valence-corrected chi connectivity index (χ1v) is 15.8. The van der Waals surface area contributed by atoms with Gasteiger partial charge in [-0.15, -0.1) is 0 Å². The van der Waals surface area contributed by atoms with E-state index >= 15 is 0 Å². The van der Waals surface area contributed by atoms with Crippen molar-refractivity contribution in [1.29, 1.82) is 0 Å². The Balaban J connectivity index is 1.20. The van der Waals surface area contributed by atoms with Gasteiger partial charge in [-0.05, 0) is 101 Å². The zero-order valence-electron chi connectivity index (χ0n) is 38.7.